The van der Waals surface area contributed by atoms with Gasteiger partial charge in [-0.3, -0.25) is 9.59 Å². The van der Waals surface area contributed by atoms with Crippen molar-refractivity contribution in [2.45, 2.75) is 32.4 Å². The summed E-state index contributed by atoms with van der Waals surface area (Å²) in [6.07, 6.45) is 1.06. The van der Waals surface area contributed by atoms with Crippen LogP contribution in [0.5, 0.6) is 5.75 Å². The summed E-state index contributed by atoms with van der Waals surface area (Å²) in [6, 6.07) is 14.3. The number of nitrogens with zero attached hydrogens (tertiary/aromatic N) is 2. The van der Waals surface area contributed by atoms with Crippen molar-refractivity contribution in [3.8, 4) is 5.75 Å². The number of hydrogen-bond donors (Lipinski definition) is 1. The molecule has 0 bridgehead atoms. The van der Waals surface area contributed by atoms with E-state index >= 15 is 0 Å². The highest BCUT2D eigenvalue weighted by Crippen LogP contribution is 2.25. The van der Waals surface area contributed by atoms with Gasteiger partial charge in [0.25, 0.3) is 5.91 Å². The van der Waals surface area contributed by atoms with E-state index in [2.05, 4.69) is 0 Å². The third-order valence-corrected chi connectivity index (χ3v) is 5.24. The zero-order valence-electron chi connectivity index (χ0n) is 15.3. The first-order valence-corrected chi connectivity index (χ1v) is 9.48. The Morgan fingerprint density at radius 1 is 1.22 bits per heavy atom. The maximum absolute atomic E-state index is 12.9. The van der Waals surface area contributed by atoms with E-state index < -0.39 is 0 Å². The van der Waals surface area contributed by atoms with E-state index in [0.717, 1.165) is 12.0 Å². The first kappa shape index (κ1) is 19.2. The molecule has 1 aliphatic rings. The molecule has 1 saturated heterocycles. The number of amides is 2. The van der Waals surface area contributed by atoms with Crippen LogP contribution in [0.4, 0.5) is 0 Å². The van der Waals surface area contributed by atoms with Crippen molar-refractivity contribution in [1.82, 2.24) is 9.80 Å². The van der Waals surface area contributed by atoms with Crippen LogP contribution in [-0.4, -0.2) is 45.9 Å². The fraction of sp³-hybridized carbons (Fsp3) is 0.333. The molecule has 2 aromatic carbocycles. The standard InChI is InChI=1S/C21H23ClN2O3/c1-2-17-14-23(21(27)16-8-9-19(25)18(22)12-16)11-10-20(26)24(17)13-15-6-4-3-5-7-15/h3-9,12,17,25H,2,10-11,13-14H2,1H3/t17-/m1/s1. The smallest absolute Gasteiger partial charge is 0.253 e. The summed E-state index contributed by atoms with van der Waals surface area (Å²) in [7, 11) is 0. The molecule has 0 saturated carbocycles. The average molecular weight is 387 g/mol. The van der Waals surface area contributed by atoms with E-state index in [1.54, 1.807) is 11.0 Å². The third kappa shape index (κ3) is 4.42. The van der Waals surface area contributed by atoms with Crippen molar-refractivity contribution in [2.75, 3.05) is 13.1 Å². The van der Waals surface area contributed by atoms with Gasteiger partial charge in [-0.2, -0.15) is 0 Å². The van der Waals surface area contributed by atoms with Gasteiger partial charge in [-0.05, 0) is 30.2 Å². The van der Waals surface area contributed by atoms with Crippen LogP contribution in [0.2, 0.25) is 5.02 Å². The number of phenols is 1. The quantitative estimate of drug-likeness (QED) is 0.871. The lowest BCUT2D eigenvalue weighted by Gasteiger charge is -2.31. The minimum absolute atomic E-state index is 0.0447. The second kappa shape index (κ2) is 8.44. The number of carbonyl (C=O) groups is 2. The Morgan fingerprint density at radius 3 is 2.63 bits per heavy atom. The van der Waals surface area contributed by atoms with Crippen LogP contribution in [0, 0.1) is 0 Å². The highest BCUT2D eigenvalue weighted by molar-refractivity contribution is 6.32. The molecule has 0 aromatic heterocycles. The second-order valence-corrected chi connectivity index (χ2v) is 7.14. The Labute approximate surface area is 164 Å². The average Bonchev–Trinajstić information content (AvgIpc) is 2.84. The van der Waals surface area contributed by atoms with Crippen molar-refractivity contribution in [3.63, 3.8) is 0 Å². The molecular formula is C21H23ClN2O3. The lowest BCUT2D eigenvalue weighted by Crippen LogP contribution is -2.43. The number of phenolic OH excluding ortho intramolecular Hbond substituents is 1. The topological polar surface area (TPSA) is 60.9 Å². The van der Waals surface area contributed by atoms with Gasteiger partial charge < -0.3 is 14.9 Å². The fourth-order valence-corrected chi connectivity index (χ4v) is 3.56. The molecule has 27 heavy (non-hydrogen) atoms. The van der Waals surface area contributed by atoms with Gasteiger partial charge in [0.2, 0.25) is 5.91 Å². The van der Waals surface area contributed by atoms with Crippen LogP contribution in [-0.2, 0) is 11.3 Å². The van der Waals surface area contributed by atoms with E-state index in [9.17, 15) is 14.7 Å². The van der Waals surface area contributed by atoms with Crippen molar-refractivity contribution in [3.05, 3.63) is 64.7 Å². The van der Waals surface area contributed by atoms with Gasteiger partial charge in [0.1, 0.15) is 5.75 Å². The predicted molar refractivity (Wildman–Crippen MR) is 105 cm³/mol. The summed E-state index contributed by atoms with van der Waals surface area (Å²) >= 11 is 5.94. The molecule has 0 unspecified atom stereocenters. The molecule has 142 valence electrons. The van der Waals surface area contributed by atoms with Crippen molar-refractivity contribution in [2.24, 2.45) is 0 Å². The zero-order chi connectivity index (χ0) is 19.4. The molecular weight excluding hydrogens is 364 g/mol. The Hall–Kier alpha value is -2.53. The lowest BCUT2D eigenvalue weighted by molar-refractivity contribution is -0.133. The maximum Gasteiger partial charge on any atom is 0.253 e. The number of carbonyl (C=O) groups excluding carboxylic acids is 2. The summed E-state index contributed by atoms with van der Waals surface area (Å²) in [5, 5.41) is 9.71. The van der Waals surface area contributed by atoms with E-state index in [4.69, 9.17) is 11.6 Å². The maximum atomic E-state index is 12.9. The van der Waals surface area contributed by atoms with Gasteiger partial charge in [-0.25, -0.2) is 0 Å². The number of rotatable bonds is 4. The first-order chi connectivity index (χ1) is 13.0. The van der Waals surface area contributed by atoms with E-state index in [1.165, 1.54) is 12.1 Å². The summed E-state index contributed by atoms with van der Waals surface area (Å²) in [6.45, 7) is 3.43. The van der Waals surface area contributed by atoms with Gasteiger partial charge >= 0.3 is 0 Å². The monoisotopic (exact) mass is 386 g/mol. The molecule has 2 amide bonds. The van der Waals surface area contributed by atoms with Crippen LogP contribution in [0.15, 0.2) is 48.5 Å². The zero-order valence-corrected chi connectivity index (χ0v) is 16.0. The molecule has 1 fully saturated rings. The highest BCUT2D eigenvalue weighted by atomic mass is 35.5. The fourth-order valence-electron chi connectivity index (χ4n) is 3.38. The molecule has 2 aromatic rings. The SMILES string of the molecule is CC[C@@H]1CN(C(=O)c2ccc(O)c(Cl)c2)CCC(=O)N1Cc1ccccc1. The number of benzene rings is 2. The molecule has 1 N–H and O–H groups in total. The van der Waals surface area contributed by atoms with Crippen LogP contribution in [0.25, 0.3) is 0 Å². The van der Waals surface area contributed by atoms with Crippen molar-refractivity contribution < 1.29 is 14.7 Å². The van der Waals surface area contributed by atoms with Gasteiger partial charge in [0.15, 0.2) is 0 Å². The summed E-state index contributed by atoms with van der Waals surface area (Å²) in [4.78, 5) is 29.2. The Kier molecular flexibility index (Phi) is 6.01. The minimum Gasteiger partial charge on any atom is -0.506 e. The molecule has 0 radical (unpaired) electrons. The predicted octanol–water partition coefficient (Wildman–Crippen LogP) is 3.70. The van der Waals surface area contributed by atoms with Gasteiger partial charge in [-0.15, -0.1) is 0 Å². The van der Waals surface area contributed by atoms with Gasteiger partial charge in [-0.1, -0.05) is 48.9 Å². The van der Waals surface area contributed by atoms with Crippen LogP contribution >= 0.6 is 11.6 Å². The van der Waals surface area contributed by atoms with Crippen LogP contribution in [0.1, 0.15) is 35.7 Å². The normalized spacial score (nSPS) is 17.7. The molecule has 1 heterocycles. The Morgan fingerprint density at radius 2 is 1.96 bits per heavy atom. The molecule has 0 spiro atoms. The van der Waals surface area contributed by atoms with Crippen molar-refractivity contribution in [1.29, 1.82) is 0 Å². The molecule has 6 heteroatoms. The number of aromatic hydroxyl groups is 1. The second-order valence-electron chi connectivity index (χ2n) is 6.74. The van der Waals surface area contributed by atoms with E-state index in [-0.39, 0.29) is 28.6 Å². The van der Waals surface area contributed by atoms with Crippen LogP contribution in [0.3, 0.4) is 0 Å². The van der Waals surface area contributed by atoms with Crippen molar-refractivity contribution >= 4 is 23.4 Å². The largest absolute Gasteiger partial charge is 0.506 e. The molecule has 1 atom stereocenters. The molecule has 1 aliphatic heterocycles. The van der Waals surface area contributed by atoms with Gasteiger partial charge in [0.05, 0.1) is 5.02 Å². The highest BCUT2D eigenvalue weighted by Gasteiger charge is 2.31. The first-order valence-electron chi connectivity index (χ1n) is 9.10. The van der Waals surface area contributed by atoms with Crippen LogP contribution < -0.4 is 0 Å². The Balaban J connectivity index is 1.79. The number of hydrogen-bond acceptors (Lipinski definition) is 3. The molecule has 3 rings (SSSR count). The number of halogens is 1. The lowest BCUT2D eigenvalue weighted by atomic mass is 10.1. The summed E-state index contributed by atoms with van der Waals surface area (Å²) < 4.78 is 0. The molecule has 5 nitrogen and oxygen atoms in total. The van der Waals surface area contributed by atoms with E-state index in [0.29, 0.717) is 31.6 Å². The molecule has 0 aliphatic carbocycles. The minimum atomic E-state index is -0.176. The Bertz CT molecular complexity index is 825. The summed E-state index contributed by atoms with van der Waals surface area (Å²) in [5.74, 6) is -0.172. The van der Waals surface area contributed by atoms with Gasteiger partial charge in [0, 0.05) is 37.7 Å². The van der Waals surface area contributed by atoms with E-state index in [1.807, 2.05) is 42.2 Å². The third-order valence-electron chi connectivity index (χ3n) is 4.94. The summed E-state index contributed by atoms with van der Waals surface area (Å²) in [5.41, 5.74) is 1.49.